The maximum Gasteiger partial charge on any atom is 0.288 e. The van der Waals surface area contributed by atoms with Gasteiger partial charge in [0, 0.05) is 6.54 Å². The van der Waals surface area contributed by atoms with Gasteiger partial charge in [-0.3, -0.25) is 0 Å². The average Bonchev–Trinajstić information content (AvgIpc) is 3.11. The van der Waals surface area contributed by atoms with Crippen molar-refractivity contribution in [2.24, 2.45) is 4.99 Å². The molecule has 1 aliphatic carbocycles. The summed E-state index contributed by atoms with van der Waals surface area (Å²) < 4.78 is 20.0. The van der Waals surface area contributed by atoms with Crippen molar-refractivity contribution < 1.29 is 9.13 Å². The summed E-state index contributed by atoms with van der Waals surface area (Å²) in [5.74, 6) is -0.204. The minimum atomic E-state index is -0.204. The van der Waals surface area contributed by atoms with E-state index in [0.717, 1.165) is 43.9 Å². The topological polar surface area (TPSA) is 24.8 Å². The van der Waals surface area contributed by atoms with Gasteiger partial charge < -0.3 is 9.64 Å². The van der Waals surface area contributed by atoms with Gasteiger partial charge in [-0.05, 0) is 60.9 Å². The third-order valence-corrected chi connectivity index (χ3v) is 6.29. The standard InChI is InChI=1S/C23H25FN2O/c24-19-10-8-18(9-11-19)21-20-7-3-2-6-17(20)12-15-26(21)22-25-16-23(27-22)13-4-1-5-14-23/h2-3,6-11,21H,1,4-5,12-16H2/t21-/m0/s1. The van der Waals surface area contributed by atoms with Crippen molar-refractivity contribution in [2.75, 3.05) is 13.1 Å². The summed E-state index contributed by atoms with van der Waals surface area (Å²) in [4.78, 5) is 7.14. The number of amidine groups is 1. The van der Waals surface area contributed by atoms with E-state index in [1.165, 1.54) is 30.4 Å². The van der Waals surface area contributed by atoms with Gasteiger partial charge in [0.2, 0.25) is 0 Å². The zero-order chi connectivity index (χ0) is 18.3. The number of fused-ring (bicyclic) bond motifs is 1. The third-order valence-electron chi connectivity index (χ3n) is 6.29. The molecule has 0 bridgehead atoms. The van der Waals surface area contributed by atoms with Crippen LogP contribution < -0.4 is 0 Å². The molecule has 140 valence electrons. The zero-order valence-corrected chi connectivity index (χ0v) is 15.5. The Kier molecular flexibility index (Phi) is 4.14. The zero-order valence-electron chi connectivity index (χ0n) is 15.5. The first kappa shape index (κ1) is 16.8. The second-order valence-electron chi connectivity index (χ2n) is 8.04. The molecule has 27 heavy (non-hydrogen) atoms. The molecule has 1 spiro atoms. The molecule has 2 aromatic carbocycles. The lowest BCUT2D eigenvalue weighted by Gasteiger charge is -2.40. The van der Waals surface area contributed by atoms with Crippen LogP contribution in [0.3, 0.4) is 0 Å². The first-order valence-corrected chi connectivity index (χ1v) is 10.1. The summed E-state index contributed by atoms with van der Waals surface area (Å²) in [6, 6.07) is 16.2. The van der Waals surface area contributed by atoms with Gasteiger partial charge in [-0.15, -0.1) is 0 Å². The van der Waals surface area contributed by atoms with Gasteiger partial charge in [0.1, 0.15) is 11.4 Å². The van der Waals surface area contributed by atoms with E-state index < -0.39 is 0 Å². The molecule has 1 saturated carbocycles. The summed E-state index contributed by atoms with van der Waals surface area (Å²) in [6.07, 6.45) is 6.94. The van der Waals surface area contributed by atoms with Crippen LogP contribution in [0, 0.1) is 5.82 Å². The lowest BCUT2D eigenvalue weighted by molar-refractivity contribution is 0.0284. The predicted molar refractivity (Wildman–Crippen MR) is 104 cm³/mol. The number of aliphatic imine (C=N–C) groups is 1. The maximum atomic E-state index is 13.5. The molecule has 3 aliphatic rings. The van der Waals surface area contributed by atoms with Gasteiger partial charge in [-0.2, -0.15) is 0 Å². The van der Waals surface area contributed by atoms with E-state index in [9.17, 15) is 4.39 Å². The molecule has 4 heteroatoms. The average molecular weight is 364 g/mol. The van der Waals surface area contributed by atoms with Crippen LogP contribution in [-0.2, 0) is 11.2 Å². The van der Waals surface area contributed by atoms with E-state index in [4.69, 9.17) is 9.73 Å². The molecule has 2 heterocycles. The first-order chi connectivity index (χ1) is 13.2. The molecule has 2 aliphatic heterocycles. The fraction of sp³-hybridized carbons (Fsp3) is 0.435. The quantitative estimate of drug-likeness (QED) is 0.722. The van der Waals surface area contributed by atoms with Crippen LogP contribution in [0.1, 0.15) is 54.8 Å². The lowest BCUT2D eigenvalue weighted by atomic mass is 9.85. The van der Waals surface area contributed by atoms with Gasteiger partial charge in [0.15, 0.2) is 0 Å². The molecule has 0 unspecified atom stereocenters. The Balaban J connectivity index is 1.50. The Morgan fingerprint density at radius 3 is 2.59 bits per heavy atom. The predicted octanol–water partition coefficient (Wildman–Crippen LogP) is 4.86. The minimum absolute atomic E-state index is 0.0213. The highest BCUT2D eigenvalue weighted by atomic mass is 19.1. The van der Waals surface area contributed by atoms with Crippen LogP contribution in [0.25, 0.3) is 0 Å². The Morgan fingerprint density at radius 2 is 1.78 bits per heavy atom. The lowest BCUT2D eigenvalue weighted by Crippen LogP contribution is -2.44. The highest BCUT2D eigenvalue weighted by molar-refractivity contribution is 5.78. The second-order valence-corrected chi connectivity index (χ2v) is 8.04. The van der Waals surface area contributed by atoms with Crippen LogP contribution in [-0.4, -0.2) is 29.6 Å². The molecular formula is C23H25FN2O. The van der Waals surface area contributed by atoms with Crippen molar-refractivity contribution in [3.63, 3.8) is 0 Å². The Bertz CT molecular complexity index is 855. The molecule has 0 aromatic heterocycles. The van der Waals surface area contributed by atoms with E-state index in [0.29, 0.717) is 0 Å². The molecular weight excluding hydrogens is 339 g/mol. The summed E-state index contributed by atoms with van der Waals surface area (Å²) in [6.45, 7) is 1.64. The maximum absolute atomic E-state index is 13.5. The SMILES string of the molecule is Fc1ccc([C@H]2c3ccccc3CCN2C2=NCC3(CCCCC3)O2)cc1. The second kappa shape index (κ2) is 6.66. The van der Waals surface area contributed by atoms with E-state index in [2.05, 4.69) is 29.2 Å². The van der Waals surface area contributed by atoms with Gasteiger partial charge in [0.05, 0.1) is 12.6 Å². The monoisotopic (exact) mass is 364 g/mol. The van der Waals surface area contributed by atoms with Gasteiger partial charge in [0.25, 0.3) is 6.02 Å². The molecule has 1 atom stereocenters. The smallest absolute Gasteiger partial charge is 0.288 e. The number of halogens is 1. The highest BCUT2D eigenvalue weighted by Crippen LogP contribution is 2.40. The van der Waals surface area contributed by atoms with Crippen molar-refractivity contribution in [2.45, 2.75) is 50.2 Å². The van der Waals surface area contributed by atoms with Gasteiger partial charge >= 0.3 is 0 Å². The molecule has 3 nitrogen and oxygen atoms in total. The molecule has 0 amide bonds. The summed E-state index contributed by atoms with van der Waals surface area (Å²) in [5.41, 5.74) is 3.62. The van der Waals surface area contributed by atoms with Gasteiger partial charge in [-0.1, -0.05) is 42.8 Å². The van der Waals surface area contributed by atoms with E-state index in [1.807, 2.05) is 12.1 Å². The molecule has 0 saturated heterocycles. The number of hydrogen-bond donors (Lipinski definition) is 0. The normalized spacial score (nSPS) is 23.7. The number of benzene rings is 2. The largest absolute Gasteiger partial charge is 0.457 e. The van der Waals surface area contributed by atoms with Crippen molar-refractivity contribution in [3.8, 4) is 0 Å². The van der Waals surface area contributed by atoms with E-state index in [-0.39, 0.29) is 17.5 Å². The van der Waals surface area contributed by atoms with Crippen molar-refractivity contribution in [1.82, 2.24) is 4.90 Å². The number of hydrogen-bond acceptors (Lipinski definition) is 3. The number of ether oxygens (including phenoxy) is 1. The van der Waals surface area contributed by atoms with Crippen molar-refractivity contribution in [1.29, 1.82) is 0 Å². The fourth-order valence-corrected chi connectivity index (χ4v) is 4.85. The van der Waals surface area contributed by atoms with E-state index in [1.54, 1.807) is 12.1 Å². The molecule has 0 radical (unpaired) electrons. The Labute approximate surface area is 159 Å². The van der Waals surface area contributed by atoms with E-state index >= 15 is 0 Å². The molecule has 2 aromatic rings. The van der Waals surface area contributed by atoms with Crippen LogP contribution >= 0.6 is 0 Å². The number of nitrogens with zero attached hydrogens (tertiary/aromatic N) is 2. The fourth-order valence-electron chi connectivity index (χ4n) is 4.85. The Hall–Kier alpha value is -2.36. The highest BCUT2D eigenvalue weighted by Gasteiger charge is 2.43. The van der Waals surface area contributed by atoms with Crippen LogP contribution in [0.15, 0.2) is 53.5 Å². The first-order valence-electron chi connectivity index (χ1n) is 10.1. The summed E-state index contributed by atoms with van der Waals surface area (Å²) >= 11 is 0. The van der Waals surface area contributed by atoms with Crippen LogP contribution in [0.5, 0.6) is 0 Å². The molecule has 0 N–H and O–H groups in total. The third kappa shape index (κ3) is 3.01. The van der Waals surface area contributed by atoms with Crippen molar-refractivity contribution in [3.05, 3.63) is 71.0 Å². The minimum Gasteiger partial charge on any atom is -0.457 e. The van der Waals surface area contributed by atoms with Crippen LogP contribution in [0.2, 0.25) is 0 Å². The summed E-state index contributed by atoms with van der Waals surface area (Å²) in [5, 5.41) is 0. The summed E-state index contributed by atoms with van der Waals surface area (Å²) in [7, 11) is 0. The van der Waals surface area contributed by atoms with Crippen molar-refractivity contribution >= 4 is 6.02 Å². The van der Waals surface area contributed by atoms with Gasteiger partial charge in [-0.25, -0.2) is 9.38 Å². The number of rotatable bonds is 1. The molecule has 5 rings (SSSR count). The molecule has 1 fully saturated rings. The Morgan fingerprint density at radius 1 is 1.00 bits per heavy atom. The van der Waals surface area contributed by atoms with Crippen LogP contribution in [0.4, 0.5) is 4.39 Å².